The number of amides is 1. The highest BCUT2D eigenvalue weighted by Gasteiger charge is 2.21. The largest absolute Gasteiger partial charge is 0.482 e. The number of carbonyl (C=O) groups excluding carboxylic acids is 1. The van der Waals surface area contributed by atoms with E-state index < -0.39 is 0 Å². The molecule has 0 unspecified atom stereocenters. The lowest BCUT2D eigenvalue weighted by Crippen LogP contribution is -2.26. The molecule has 0 radical (unpaired) electrons. The predicted molar refractivity (Wildman–Crippen MR) is 100 cm³/mol. The lowest BCUT2D eigenvalue weighted by Gasteiger charge is -2.26. The number of carbonyl (C=O) groups is 1. The van der Waals surface area contributed by atoms with Crippen LogP contribution in [0.25, 0.3) is 16.1 Å². The van der Waals surface area contributed by atoms with Crippen molar-refractivity contribution in [2.45, 2.75) is 0 Å². The third-order valence-electron chi connectivity index (χ3n) is 4.23. The molecular formula is C17H14N6O2S. The quantitative estimate of drug-likeness (QED) is 0.718. The third kappa shape index (κ3) is 2.57. The van der Waals surface area contributed by atoms with Crippen LogP contribution < -0.4 is 15.0 Å². The summed E-state index contributed by atoms with van der Waals surface area (Å²) in [5.41, 5.74) is 3.20. The van der Waals surface area contributed by atoms with Gasteiger partial charge in [0.15, 0.2) is 18.1 Å². The van der Waals surface area contributed by atoms with Crippen LogP contribution >= 0.6 is 11.8 Å². The number of benzene rings is 1. The Balaban J connectivity index is 1.52. The Labute approximate surface area is 152 Å². The lowest BCUT2D eigenvalue weighted by atomic mass is 10.1. The Morgan fingerprint density at radius 3 is 3.15 bits per heavy atom. The van der Waals surface area contributed by atoms with E-state index in [4.69, 9.17) is 4.74 Å². The van der Waals surface area contributed by atoms with Crippen molar-refractivity contribution in [3.63, 3.8) is 0 Å². The summed E-state index contributed by atoms with van der Waals surface area (Å²) in [4.78, 5) is 30.7. The number of aromatic amines is 1. The zero-order valence-corrected chi connectivity index (χ0v) is 14.4. The highest BCUT2D eigenvalue weighted by molar-refractivity contribution is 8.08. The molecule has 0 bridgehead atoms. The number of H-pyrrole nitrogens is 1. The molecule has 2 aromatic heterocycles. The van der Waals surface area contributed by atoms with Gasteiger partial charge in [0, 0.05) is 23.4 Å². The van der Waals surface area contributed by atoms with Gasteiger partial charge in [-0.1, -0.05) is 0 Å². The minimum absolute atomic E-state index is 0.0610. The summed E-state index contributed by atoms with van der Waals surface area (Å²) in [6.45, 7) is 0.898. The fraction of sp³-hybridized carbons (Fsp3) is 0.176. The first-order valence-electron chi connectivity index (χ1n) is 8.10. The van der Waals surface area contributed by atoms with E-state index in [9.17, 15) is 4.79 Å². The van der Waals surface area contributed by atoms with Gasteiger partial charge in [-0.3, -0.25) is 4.79 Å². The highest BCUT2D eigenvalue weighted by Crippen LogP contribution is 2.37. The summed E-state index contributed by atoms with van der Waals surface area (Å²) < 4.78 is 5.43. The molecule has 5 rings (SSSR count). The van der Waals surface area contributed by atoms with Crippen LogP contribution in [0.2, 0.25) is 0 Å². The molecule has 2 N–H and O–H groups in total. The molecule has 130 valence electrons. The van der Waals surface area contributed by atoms with Crippen LogP contribution in [0.1, 0.15) is 5.56 Å². The number of nitrogens with one attached hydrogen (secondary N) is 2. The number of hydrogen-bond acceptors (Lipinski definition) is 7. The second kappa shape index (κ2) is 6.03. The van der Waals surface area contributed by atoms with Crippen LogP contribution in [0, 0.1) is 0 Å². The zero-order valence-electron chi connectivity index (χ0n) is 13.6. The molecule has 9 heteroatoms. The summed E-state index contributed by atoms with van der Waals surface area (Å²) in [5.74, 6) is 2.29. The molecule has 26 heavy (non-hydrogen) atoms. The highest BCUT2D eigenvalue weighted by atomic mass is 32.2. The van der Waals surface area contributed by atoms with E-state index in [1.165, 1.54) is 6.33 Å². The molecule has 0 saturated heterocycles. The van der Waals surface area contributed by atoms with Crippen molar-refractivity contribution >= 4 is 45.2 Å². The van der Waals surface area contributed by atoms with Crippen LogP contribution in [-0.2, 0) is 4.79 Å². The lowest BCUT2D eigenvalue weighted by molar-refractivity contribution is -0.118. The summed E-state index contributed by atoms with van der Waals surface area (Å²) in [6, 6.07) is 5.84. The van der Waals surface area contributed by atoms with Gasteiger partial charge >= 0.3 is 0 Å². The maximum Gasteiger partial charge on any atom is 0.262 e. The predicted octanol–water partition coefficient (Wildman–Crippen LogP) is 2.24. The van der Waals surface area contributed by atoms with Gasteiger partial charge in [-0.05, 0) is 23.8 Å². The summed E-state index contributed by atoms with van der Waals surface area (Å²) in [6.07, 6.45) is 5.22. The topological polar surface area (TPSA) is 96.0 Å². The van der Waals surface area contributed by atoms with Crippen molar-refractivity contribution in [1.29, 1.82) is 0 Å². The van der Waals surface area contributed by atoms with E-state index in [1.807, 2.05) is 18.2 Å². The molecular weight excluding hydrogens is 352 g/mol. The van der Waals surface area contributed by atoms with E-state index in [-0.39, 0.29) is 12.5 Å². The van der Waals surface area contributed by atoms with E-state index in [2.05, 4.69) is 36.4 Å². The Morgan fingerprint density at radius 1 is 1.23 bits per heavy atom. The number of rotatable bonds is 2. The summed E-state index contributed by atoms with van der Waals surface area (Å²) >= 11 is 1.77. The normalized spacial score (nSPS) is 16.7. The van der Waals surface area contributed by atoms with Gasteiger partial charge < -0.3 is 19.9 Å². The Bertz CT molecular complexity index is 1050. The van der Waals surface area contributed by atoms with Gasteiger partial charge in [-0.25, -0.2) is 15.0 Å². The van der Waals surface area contributed by atoms with Gasteiger partial charge in [-0.15, -0.1) is 11.8 Å². The van der Waals surface area contributed by atoms with Crippen molar-refractivity contribution in [3.05, 3.63) is 42.6 Å². The number of fused-ring (bicyclic) bond motifs is 2. The number of imidazole rings is 1. The third-order valence-corrected chi connectivity index (χ3v) is 5.27. The van der Waals surface area contributed by atoms with Crippen LogP contribution in [0.3, 0.4) is 0 Å². The molecule has 3 aromatic rings. The van der Waals surface area contributed by atoms with Crippen LogP contribution in [0.4, 0.5) is 11.5 Å². The zero-order chi connectivity index (χ0) is 17.5. The molecule has 1 aromatic carbocycles. The molecule has 2 aliphatic rings. The molecule has 0 saturated carbocycles. The minimum atomic E-state index is -0.135. The molecule has 0 atom stereocenters. The number of nitrogens with zero attached hydrogens (tertiary/aromatic N) is 4. The van der Waals surface area contributed by atoms with Crippen LogP contribution in [0.5, 0.6) is 5.75 Å². The van der Waals surface area contributed by atoms with Crippen molar-refractivity contribution in [2.75, 3.05) is 29.1 Å². The van der Waals surface area contributed by atoms with Gasteiger partial charge in [0.05, 0.1) is 12.0 Å². The Hall–Kier alpha value is -3.07. The molecule has 2 aliphatic heterocycles. The number of aromatic nitrogens is 4. The monoisotopic (exact) mass is 366 g/mol. The second-order valence-electron chi connectivity index (χ2n) is 5.88. The second-order valence-corrected chi connectivity index (χ2v) is 7.02. The summed E-state index contributed by atoms with van der Waals surface area (Å²) in [7, 11) is 0. The van der Waals surface area contributed by atoms with Gasteiger partial charge in [0.25, 0.3) is 5.91 Å². The number of thioether (sulfide) groups is 1. The van der Waals surface area contributed by atoms with Crippen LogP contribution in [-0.4, -0.2) is 44.7 Å². The Morgan fingerprint density at radius 2 is 2.19 bits per heavy atom. The molecule has 0 aliphatic carbocycles. The fourth-order valence-corrected chi connectivity index (χ4v) is 4.03. The van der Waals surface area contributed by atoms with Gasteiger partial charge in [0.1, 0.15) is 17.6 Å². The summed E-state index contributed by atoms with van der Waals surface area (Å²) in [5, 5.41) is 2.86. The van der Waals surface area contributed by atoms with Gasteiger partial charge in [0.2, 0.25) is 0 Å². The Kier molecular flexibility index (Phi) is 3.52. The molecule has 4 heterocycles. The molecule has 0 spiro atoms. The first-order chi connectivity index (χ1) is 12.8. The SMILES string of the molecule is O=C1COc2ccc(C3=CN(c4ncnc5nc[nH]c45)CCS3)cc2N1. The number of hydrogen-bond donors (Lipinski definition) is 2. The van der Waals surface area contributed by atoms with E-state index in [0.717, 1.165) is 34.1 Å². The van der Waals surface area contributed by atoms with E-state index in [1.54, 1.807) is 18.1 Å². The average Bonchev–Trinajstić information content (AvgIpc) is 3.16. The number of anilines is 2. The number of ether oxygens (including phenoxy) is 1. The smallest absolute Gasteiger partial charge is 0.262 e. The van der Waals surface area contributed by atoms with Crippen molar-refractivity contribution < 1.29 is 9.53 Å². The van der Waals surface area contributed by atoms with E-state index >= 15 is 0 Å². The maximum atomic E-state index is 11.6. The van der Waals surface area contributed by atoms with Crippen molar-refractivity contribution in [2.24, 2.45) is 0 Å². The maximum absolute atomic E-state index is 11.6. The van der Waals surface area contributed by atoms with Crippen LogP contribution in [0.15, 0.2) is 37.1 Å². The van der Waals surface area contributed by atoms with Crippen molar-refractivity contribution in [3.8, 4) is 5.75 Å². The van der Waals surface area contributed by atoms with Gasteiger partial charge in [-0.2, -0.15) is 0 Å². The first-order valence-corrected chi connectivity index (χ1v) is 9.09. The molecule has 8 nitrogen and oxygen atoms in total. The van der Waals surface area contributed by atoms with Crippen molar-refractivity contribution in [1.82, 2.24) is 19.9 Å². The minimum Gasteiger partial charge on any atom is -0.482 e. The van der Waals surface area contributed by atoms with E-state index in [0.29, 0.717) is 17.1 Å². The first kappa shape index (κ1) is 15.2. The molecule has 0 fully saturated rings. The average molecular weight is 366 g/mol. The molecule has 1 amide bonds. The fourth-order valence-electron chi connectivity index (χ4n) is 3.03. The standard InChI is InChI=1S/C17H14N6O2S/c24-14-7-25-12-2-1-10(5-11(12)22-14)13-6-23(3-4-26-13)17-15-16(19-8-18-15)20-9-21-17/h1-2,5-6,8-9H,3-4,7H2,(H,22,24)(H,18,19,20,21).